The molecule has 2 N–H and O–H groups in total. The number of hydrogen-bond acceptors (Lipinski definition) is 4. The third-order valence-electron chi connectivity index (χ3n) is 6.24. The smallest absolute Gasteiger partial charge is 0.335 e. The molecule has 0 radical (unpaired) electrons. The third kappa shape index (κ3) is 5.02. The van der Waals surface area contributed by atoms with E-state index in [1.165, 1.54) is 23.6 Å². The topological polar surface area (TPSA) is 82.8 Å². The summed E-state index contributed by atoms with van der Waals surface area (Å²) in [5.41, 5.74) is 4.24. The lowest BCUT2D eigenvalue weighted by atomic mass is 9.89. The second kappa shape index (κ2) is 9.73. The number of para-hydroxylation sites is 1. The minimum atomic E-state index is -1.02. The number of furan rings is 1. The second-order valence-corrected chi connectivity index (χ2v) is 8.36. The van der Waals surface area contributed by atoms with Crippen molar-refractivity contribution in [3.63, 3.8) is 0 Å². The van der Waals surface area contributed by atoms with E-state index in [4.69, 9.17) is 4.42 Å². The SMILES string of the molecule is Cc1ccccc1N1CCC(CCc2ccc(C(=O)O)cc2NC(=O)c2ccco2)CC1. The Morgan fingerprint density at radius 1 is 1.09 bits per heavy atom. The quantitative estimate of drug-likeness (QED) is 0.523. The summed E-state index contributed by atoms with van der Waals surface area (Å²) < 4.78 is 5.16. The average molecular weight is 433 g/mol. The molecule has 0 atom stereocenters. The number of carboxylic acids is 1. The van der Waals surface area contributed by atoms with E-state index < -0.39 is 5.97 Å². The molecule has 2 aromatic carbocycles. The first-order valence-electron chi connectivity index (χ1n) is 11.0. The number of carbonyl (C=O) groups excluding carboxylic acids is 1. The molecule has 1 aromatic heterocycles. The zero-order valence-electron chi connectivity index (χ0n) is 18.2. The molecule has 1 amide bonds. The van der Waals surface area contributed by atoms with E-state index in [-0.39, 0.29) is 17.2 Å². The van der Waals surface area contributed by atoms with Crippen LogP contribution in [0.5, 0.6) is 0 Å². The maximum Gasteiger partial charge on any atom is 0.335 e. The van der Waals surface area contributed by atoms with E-state index in [2.05, 4.69) is 41.4 Å². The minimum Gasteiger partial charge on any atom is -0.478 e. The Hall–Kier alpha value is -3.54. The lowest BCUT2D eigenvalue weighted by Crippen LogP contribution is -2.34. The van der Waals surface area contributed by atoms with Gasteiger partial charge in [0, 0.05) is 24.5 Å². The van der Waals surface area contributed by atoms with Crippen molar-refractivity contribution in [2.75, 3.05) is 23.3 Å². The zero-order valence-corrected chi connectivity index (χ0v) is 18.2. The Morgan fingerprint density at radius 2 is 1.88 bits per heavy atom. The first kappa shape index (κ1) is 21.7. The van der Waals surface area contributed by atoms with Gasteiger partial charge in [0.15, 0.2) is 5.76 Å². The van der Waals surface area contributed by atoms with Crippen LogP contribution >= 0.6 is 0 Å². The molecule has 3 aromatic rings. The minimum absolute atomic E-state index is 0.148. The number of amides is 1. The number of benzene rings is 2. The molecule has 1 aliphatic rings. The molecule has 6 heteroatoms. The molecule has 166 valence electrons. The van der Waals surface area contributed by atoms with Gasteiger partial charge in [0.1, 0.15) is 0 Å². The summed E-state index contributed by atoms with van der Waals surface area (Å²) in [6, 6.07) is 16.7. The Balaban J connectivity index is 1.40. The fourth-order valence-corrected chi connectivity index (χ4v) is 4.38. The van der Waals surface area contributed by atoms with Crippen molar-refractivity contribution in [3.8, 4) is 0 Å². The van der Waals surface area contributed by atoms with Crippen LogP contribution in [0.4, 0.5) is 11.4 Å². The molecule has 2 heterocycles. The van der Waals surface area contributed by atoms with E-state index in [1.807, 2.05) is 6.07 Å². The molecule has 0 saturated carbocycles. The highest BCUT2D eigenvalue weighted by Crippen LogP contribution is 2.29. The van der Waals surface area contributed by atoms with E-state index in [9.17, 15) is 14.7 Å². The van der Waals surface area contributed by atoms with Gasteiger partial charge in [-0.2, -0.15) is 0 Å². The van der Waals surface area contributed by atoms with Gasteiger partial charge in [0.2, 0.25) is 0 Å². The number of anilines is 2. The Kier molecular flexibility index (Phi) is 6.59. The fourth-order valence-electron chi connectivity index (χ4n) is 4.38. The van der Waals surface area contributed by atoms with Crippen molar-refractivity contribution in [1.29, 1.82) is 0 Å². The Bertz CT molecular complexity index is 1080. The number of aryl methyl sites for hydroxylation is 2. The van der Waals surface area contributed by atoms with Crippen molar-refractivity contribution in [2.24, 2.45) is 5.92 Å². The highest BCUT2D eigenvalue weighted by molar-refractivity contribution is 6.03. The number of piperidine rings is 1. The number of aromatic carboxylic acids is 1. The largest absolute Gasteiger partial charge is 0.478 e. The highest BCUT2D eigenvalue weighted by Gasteiger charge is 2.21. The maximum atomic E-state index is 12.5. The number of nitrogens with one attached hydrogen (secondary N) is 1. The normalized spacial score (nSPS) is 14.3. The van der Waals surface area contributed by atoms with Crippen LogP contribution in [0.15, 0.2) is 65.3 Å². The van der Waals surface area contributed by atoms with E-state index >= 15 is 0 Å². The number of hydrogen-bond donors (Lipinski definition) is 2. The summed E-state index contributed by atoms with van der Waals surface area (Å²) in [4.78, 5) is 26.3. The van der Waals surface area contributed by atoms with Gasteiger partial charge in [-0.15, -0.1) is 0 Å². The third-order valence-corrected chi connectivity index (χ3v) is 6.24. The summed E-state index contributed by atoms with van der Waals surface area (Å²) in [6.45, 7) is 4.23. The van der Waals surface area contributed by atoms with Crippen LogP contribution in [0.3, 0.4) is 0 Å². The predicted octanol–water partition coefficient (Wildman–Crippen LogP) is 5.39. The summed E-state index contributed by atoms with van der Waals surface area (Å²) in [5.74, 6) is -0.609. The maximum absolute atomic E-state index is 12.5. The summed E-state index contributed by atoms with van der Waals surface area (Å²) in [5, 5.41) is 12.2. The van der Waals surface area contributed by atoms with Crippen LogP contribution in [0.2, 0.25) is 0 Å². The van der Waals surface area contributed by atoms with Gasteiger partial charge in [-0.25, -0.2) is 4.79 Å². The zero-order chi connectivity index (χ0) is 22.5. The van der Waals surface area contributed by atoms with Crippen molar-refractivity contribution in [3.05, 3.63) is 83.3 Å². The van der Waals surface area contributed by atoms with Gasteiger partial charge >= 0.3 is 5.97 Å². The summed E-state index contributed by atoms with van der Waals surface area (Å²) in [7, 11) is 0. The lowest BCUT2D eigenvalue weighted by Gasteiger charge is -2.34. The van der Waals surface area contributed by atoms with Crippen LogP contribution in [-0.2, 0) is 6.42 Å². The van der Waals surface area contributed by atoms with Crippen molar-refractivity contribution in [2.45, 2.75) is 32.6 Å². The first-order valence-corrected chi connectivity index (χ1v) is 11.0. The van der Waals surface area contributed by atoms with Crippen molar-refractivity contribution in [1.82, 2.24) is 0 Å². The summed E-state index contributed by atoms with van der Waals surface area (Å²) >= 11 is 0. The van der Waals surface area contributed by atoms with E-state index in [0.717, 1.165) is 44.3 Å². The fraction of sp³-hybridized carbons (Fsp3) is 0.308. The van der Waals surface area contributed by atoms with Crippen LogP contribution in [0.25, 0.3) is 0 Å². The number of carboxylic acid groups (broad SMARTS) is 1. The molecular weight excluding hydrogens is 404 g/mol. The number of rotatable bonds is 7. The van der Waals surface area contributed by atoms with Crippen LogP contribution in [0.1, 0.15) is 51.3 Å². The molecule has 4 rings (SSSR count). The molecule has 0 spiro atoms. The average Bonchev–Trinajstić information content (AvgIpc) is 3.34. The Morgan fingerprint density at radius 3 is 2.56 bits per heavy atom. The molecule has 0 aliphatic carbocycles. The molecular formula is C26H28N2O4. The molecule has 1 aliphatic heterocycles. The highest BCUT2D eigenvalue weighted by atomic mass is 16.4. The van der Waals surface area contributed by atoms with Gasteiger partial charge in [0.05, 0.1) is 11.8 Å². The first-order chi connectivity index (χ1) is 15.5. The van der Waals surface area contributed by atoms with Crippen LogP contribution < -0.4 is 10.2 Å². The van der Waals surface area contributed by atoms with Gasteiger partial charge in [-0.3, -0.25) is 4.79 Å². The molecule has 1 fully saturated rings. The molecule has 1 saturated heterocycles. The lowest BCUT2D eigenvalue weighted by molar-refractivity contribution is 0.0696. The van der Waals surface area contributed by atoms with Gasteiger partial charge in [0.25, 0.3) is 5.91 Å². The van der Waals surface area contributed by atoms with Gasteiger partial charge in [-0.05, 0) is 80.0 Å². The molecule has 6 nitrogen and oxygen atoms in total. The summed E-state index contributed by atoms with van der Waals surface area (Å²) in [6.07, 6.45) is 5.46. The second-order valence-electron chi connectivity index (χ2n) is 8.36. The standard InChI is InChI=1S/C26H28N2O4/c1-18-5-2-3-6-23(18)28-14-12-19(13-15-28)8-9-20-10-11-21(26(30)31)17-22(20)27-25(29)24-7-4-16-32-24/h2-7,10-11,16-17,19H,8-9,12-15H2,1H3,(H,27,29)(H,30,31). The van der Waals surface area contributed by atoms with Crippen LogP contribution in [-0.4, -0.2) is 30.1 Å². The van der Waals surface area contributed by atoms with E-state index in [1.54, 1.807) is 18.2 Å². The van der Waals surface area contributed by atoms with Crippen molar-refractivity contribution >= 4 is 23.3 Å². The van der Waals surface area contributed by atoms with Gasteiger partial charge < -0.3 is 19.7 Å². The van der Waals surface area contributed by atoms with Crippen molar-refractivity contribution < 1.29 is 19.1 Å². The van der Waals surface area contributed by atoms with E-state index in [0.29, 0.717) is 11.6 Å². The number of carbonyl (C=O) groups is 2. The Labute approximate surface area is 187 Å². The predicted molar refractivity (Wildman–Crippen MR) is 124 cm³/mol. The number of nitrogens with zero attached hydrogens (tertiary/aromatic N) is 1. The monoisotopic (exact) mass is 432 g/mol. The van der Waals surface area contributed by atoms with Crippen LogP contribution in [0, 0.1) is 12.8 Å². The van der Waals surface area contributed by atoms with Gasteiger partial charge in [-0.1, -0.05) is 24.3 Å². The molecule has 0 bridgehead atoms. The molecule has 32 heavy (non-hydrogen) atoms. The molecule has 0 unspecified atom stereocenters.